The predicted octanol–water partition coefficient (Wildman–Crippen LogP) is 2.10. The Kier molecular flexibility index (Phi) is 3.75. The van der Waals surface area contributed by atoms with Gasteiger partial charge < -0.3 is 9.64 Å². The maximum Gasteiger partial charge on any atom is 0.418 e. The standard InChI is InChI=1S/C15H16F3N3O/c1-20-4-5-22-14-9-21(8-13(14)20)12-6-10(7-19)2-3-11(12)15(16,17)18/h2-3,6,13-14H,4-5,8-9H2,1H3/t13-,14+/m0/s1. The van der Waals surface area contributed by atoms with E-state index in [0.717, 1.165) is 12.6 Å². The van der Waals surface area contributed by atoms with Crippen LogP contribution in [0.3, 0.4) is 0 Å². The first-order chi connectivity index (χ1) is 10.4. The van der Waals surface area contributed by atoms with E-state index in [0.29, 0.717) is 19.7 Å². The van der Waals surface area contributed by atoms with Crippen molar-refractivity contribution < 1.29 is 17.9 Å². The highest BCUT2D eigenvalue weighted by Crippen LogP contribution is 2.39. The van der Waals surface area contributed by atoms with Gasteiger partial charge in [0.15, 0.2) is 0 Å². The molecule has 118 valence electrons. The van der Waals surface area contributed by atoms with Crippen molar-refractivity contribution in [2.45, 2.75) is 18.3 Å². The van der Waals surface area contributed by atoms with Gasteiger partial charge in [0.25, 0.3) is 0 Å². The van der Waals surface area contributed by atoms with E-state index in [1.807, 2.05) is 13.1 Å². The normalized spacial score (nSPS) is 25.9. The Morgan fingerprint density at radius 3 is 2.73 bits per heavy atom. The van der Waals surface area contributed by atoms with Gasteiger partial charge in [-0.2, -0.15) is 18.4 Å². The molecule has 2 aliphatic heterocycles. The Morgan fingerprint density at radius 2 is 2.09 bits per heavy atom. The zero-order valence-electron chi connectivity index (χ0n) is 12.1. The van der Waals surface area contributed by atoms with Gasteiger partial charge in [-0.25, -0.2) is 0 Å². The van der Waals surface area contributed by atoms with Crippen molar-refractivity contribution in [3.05, 3.63) is 29.3 Å². The predicted molar refractivity (Wildman–Crippen MR) is 74.5 cm³/mol. The Morgan fingerprint density at radius 1 is 1.32 bits per heavy atom. The van der Waals surface area contributed by atoms with E-state index in [4.69, 9.17) is 10.00 Å². The van der Waals surface area contributed by atoms with E-state index >= 15 is 0 Å². The summed E-state index contributed by atoms with van der Waals surface area (Å²) in [6, 6.07) is 5.50. The third-order valence-corrected chi connectivity index (χ3v) is 4.35. The monoisotopic (exact) mass is 311 g/mol. The molecule has 0 N–H and O–H groups in total. The first kappa shape index (κ1) is 15.1. The number of benzene rings is 1. The number of ether oxygens (including phenoxy) is 1. The summed E-state index contributed by atoms with van der Waals surface area (Å²) in [5.74, 6) is 0. The van der Waals surface area contributed by atoms with Gasteiger partial charge >= 0.3 is 6.18 Å². The molecule has 0 aromatic heterocycles. The number of alkyl halides is 3. The van der Waals surface area contributed by atoms with Crippen molar-refractivity contribution in [1.29, 1.82) is 5.26 Å². The summed E-state index contributed by atoms with van der Waals surface area (Å²) in [5.41, 5.74) is -0.405. The highest BCUT2D eigenvalue weighted by atomic mass is 19.4. The molecular weight excluding hydrogens is 295 g/mol. The van der Waals surface area contributed by atoms with Crippen LogP contribution in [0.1, 0.15) is 11.1 Å². The molecule has 3 rings (SSSR count). The molecule has 2 aliphatic rings. The molecule has 1 aromatic rings. The average molecular weight is 311 g/mol. The van der Waals surface area contributed by atoms with Crippen molar-refractivity contribution in [2.24, 2.45) is 0 Å². The van der Waals surface area contributed by atoms with Crippen molar-refractivity contribution in [3.63, 3.8) is 0 Å². The second kappa shape index (κ2) is 5.45. The first-order valence-electron chi connectivity index (χ1n) is 7.08. The summed E-state index contributed by atoms with van der Waals surface area (Å²) in [5, 5.41) is 8.96. The highest BCUT2D eigenvalue weighted by Gasteiger charge is 2.42. The second-order valence-corrected chi connectivity index (χ2v) is 5.70. The zero-order valence-corrected chi connectivity index (χ0v) is 12.1. The molecule has 0 amide bonds. The van der Waals surface area contributed by atoms with Crippen LogP contribution in [0.25, 0.3) is 0 Å². The lowest BCUT2D eigenvalue weighted by atomic mass is 10.1. The van der Waals surface area contributed by atoms with E-state index in [2.05, 4.69) is 4.90 Å². The molecule has 0 unspecified atom stereocenters. The molecule has 2 heterocycles. The summed E-state index contributed by atoms with van der Waals surface area (Å²) in [7, 11) is 1.96. The molecule has 0 saturated carbocycles. The summed E-state index contributed by atoms with van der Waals surface area (Å²) in [6.07, 6.45) is -4.53. The first-order valence-corrected chi connectivity index (χ1v) is 7.08. The number of nitrogens with zero attached hydrogens (tertiary/aromatic N) is 3. The van der Waals surface area contributed by atoms with Crippen molar-refractivity contribution in [1.82, 2.24) is 4.90 Å². The van der Waals surface area contributed by atoms with Gasteiger partial charge in [-0.15, -0.1) is 0 Å². The number of rotatable bonds is 1. The molecule has 0 bridgehead atoms. The number of halogens is 3. The van der Waals surface area contributed by atoms with E-state index in [-0.39, 0.29) is 23.4 Å². The van der Waals surface area contributed by atoms with Crippen molar-refractivity contribution in [3.8, 4) is 6.07 Å². The van der Waals surface area contributed by atoms with Crippen LogP contribution in [0.5, 0.6) is 0 Å². The van der Waals surface area contributed by atoms with Gasteiger partial charge in [0.1, 0.15) is 0 Å². The van der Waals surface area contributed by atoms with Crippen LogP contribution in [-0.2, 0) is 10.9 Å². The minimum atomic E-state index is -4.44. The third kappa shape index (κ3) is 2.64. The molecule has 0 spiro atoms. The molecular formula is C15H16F3N3O. The lowest BCUT2D eigenvalue weighted by Gasteiger charge is -2.33. The van der Waals surface area contributed by atoms with Crippen LogP contribution in [0.4, 0.5) is 18.9 Å². The molecule has 2 saturated heterocycles. The fraction of sp³-hybridized carbons (Fsp3) is 0.533. The van der Waals surface area contributed by atoms with E-state index in [1.165, 1.54) is 12.1 Å². The lowest BCUT2D eigenvalue weighted by molar-refractivity contribution is -0.137. The second-order valence-electron chi connectivity index (χ2n) is 5.70. The number of nitriles is 1. The molecule has 2 atom stereocenters. The number of anilines is 1. The Bertz CT molecular complexity index is 611. The number of hydrogen-bond donors (Lipinski definition) is 0. The molecule has 1 aromatic carbocycles. The summed E-state index contributed by atoms with van der Waals surface area (Å²) < 4.78 is 45.4. The fourth-order valence-electron chi connectivity index (χ4n) is 3.16. The molecule has 0 aliphatic carbocycles. The minimum Gasteiger partial charge on any atom is -0.373 e. The fourth-order valence-corrected chi connectivity index (χ4v) is 3.16. The van der Waals surface area contributed by atoms with Crippen LogP contribution in [0.15, 0.2) is 18.2 Å². The van der Waals surface area contributed by atoms with Crippen LogP contribution in [0, 0.1) is 11.3 Å². The van der Waals surface area contributed by atoms with Gasteiger partial charge in [-0.1, -0.05) is 0 Å². The number of fused-ring (bicyclic) bond motifs is 1. The van der Waals surface area contributed by atoms with E-state index in [9.17, 15) is 13.2 Å². The molecule has 0 radical (unpaired) electrons. The maximum atomic E-state index is 13.2. The van der Waals surface area contributed by atoms with Crippen LogP contribution < -0.4 is 4.90 Å². The third-order valence-electron chi connectivity index (χ3n) is 4.35. The summed E-state index contributed by atoms with van der Waals surface area (Å²) in [6.45, 7) is 2.25. The van der Waals surface area contributed by atoms with Gasteiger partial charge in [0, 0.05) is 19.6 Å². The van der Waals surface area contributed by atoms with Gasteiger partial charge in [0.2, 0.25) is 0 Å². The minimum absolute atomic E-state index is 0.0675. The van der Waals surface area contributed by atoms with Crippen LogP contribution >= 0.6 is 0 Å². The molecule has 7 heteroatoms. The number of likely N-dealkylation sites (N-methyl/N-ethyl adjacent to an activating group) is 1. The highest BCUT2D eigenvalue weighted by molar-refractivity contribution is 5.60. The average Bonchev–Trinajstić information content (AvgIpc) is 2.91. The lowest BCUT2D eigenvalue weighted by Crippen LogP contribution is -2.48. The van der Waals surface area contributed by atoms with Gasteiger partial charge in [-0.3, -0.25) is 4.90 Å². The van der Waals surface area contributed by atoms with Crippen LogP contribution in [-0.4, -0.2) is 50.3 Å². The van der Waals surface area contributed by atoms with E-state index < -0.39 is 11.7 Å². The zero-order chi connectivity index (χ0) is 15.9. The summed E-state index contributed by atoms with van der Waals surface area (Å²) >= 11 is 0. The quantitative estimate of drug-likeness (QED) is 0.796. The topological polar surface area (TPSA) is 39.5 Å². The Balaban J connectivity index is 1.96. The van der Waals surface area contributed by atoms with Crippen molar-refractivity contribution >= 4 is 5.69 Å². The Hall–Kier alpha value is -1.78. The van der Waals surface area contributed by atoms with Gasteiger partial charge in [-0.05, 0) is 25.2 Å². The number of hydrogen-bond acceptors (Lipinski definition) is 4. The van der Waals surface area contributed by atoms with Crippen molar-refractivity contribution in [2.75, 3.05) is 38.2 Å². The molecule has 22 heavy (non-hydrogen) atoms. The largest absolute Gasteiger partial charge is 0.418 e. The maximum absolute atomic E-state index is 13.2. The summed E-state index contributed by atoms with van der Waals surface area (Å²) in [4.78, 5) is 3.80. The smallest absolute Gasteiger partial charge is 0.373 e. The van der Waals surface area contributed by atoms with E-state index in [1.54, 1.807) is 4.90 Å². The number of morpholine rings is 1. The molecule has 2 fully saturated rings. The van der Waals surface area contributed by atoms with Gasteiger partial charge in [0.05, 0.1) is 41.6 Å². The SMILES string of the molecule is CN1CCO[C@@H]2CN(c3cc(C#N)ccc3C(F)(F)F)C[C@@H]21. The Labute approximate surface area is 126 Å². The molecule has 4 nitrogen and oxygen atoms in total. The van der Waals surface area contributed by atoms with Crippen LogP contribution in [0.2, 0.25) is 0 Å².